The molecule has 0 aliphatic rings. The molecule has 0 fully saturated rings. The second-order valence-corrected chi connectivity index (χ2v) is 4.01. The molecule has 0 spiro atoms. The van der Waals surface area contributed by atoms with Gasteiger partial charge in [-0.1, -0.05) is 19.9 Å². The summed E-state index contributed by atoms with van der Waals surface area (Å²) in [6.07, 6.45) is 2.81. The molecule has 7 nitrogen and oxygen atoms in total. The van der Waals surface area contributed by atoms with Crippen LogP contribution in [-0.4, -0.2) is 28.0 Å². The van der Waals surface area contributed by atoms with Crippen LogP contribution >= 0.6 is 0 Å². The van der Waals surface area contributed by atoms with Gasteiger partial charge in [0, 0.05) is 6.54 Å². The Morgan fingerprint density at radius 2 is 2.33 bits per heavy atom. The van der Waals surface area contributed by atoms with E-state index < -0.39 is 4.92 Å². The van der Waals surface area contributed by atoms with Crippen molar-refractivity contribution >= 4 is 11.5 Å². The zero-order valence-corrected chi connectivity index (χ0v) is 10.4. The minimum absolute atomic E-state index is 0.0183. The van der Waals surface area contributed by atoms with Gasteiger partial charge in [0.05, 0.1) is 11.5 Å². The minimum Gasteiger partial charge on any atom is -0.472 e. The molecule has 7 heteroatoms. The highest BCUT2D eigenvalue weighted by atomic mass is 16.6. The summed E-state index contributed by atoms with van der Waals surface area (Å²) in [6, 6.07) is 0. The summed E-state index contributed by atoms with van der Waals surface area (Å²) in [5, 5.41) is 13.8. The number of ether oxygens (including phenoxy) is 1. The number of anilines is 1. The van der Waals surface area contributed by atoms with Crippen LogP contribution in [0.5, 0.6) is 5.88 Å². The van der Waals surface area contributed by atoms with Crippen LogP contribution in [0.25, 0.3) is 0 Å². The average Bonchev–Trinajstić information content (AvgIpc) is 2.33. The Bertz CT molecular complexity index is 434. The zero-order valence-electron chi connectivity index (χ0n) is 10.4. The smallest absolute Gasteiger partial charge is 0.372 e. The van der Waals surface area contributed by atoms with Crippen LogP contribution in [0.1, 0.15) is 13.8 Å². The standard InChI is InChI=1S/C11H16N4O3/c1-4-5-12-10-9(15(16)17)11(14-7-13-10)18-6-8(2)3/h4,7-8H,1,5-6H2,2-3H3,(H,12,13,14). The third kappa shape index (κ3) is 3.69. The lowest BCUT2D eigenvalue weighted by Gasteiger charge is -2.09. The summed E-state index contributed by atoms with van der Waals surface area (Å²) in [6.45, 7) is 8.16. The van der Waals surface area contributed by atoms with Crippen LogP contribution in [0, 0.1) is 16.0 Å². The van der Waals surface area contributed by atoms with Crippen LogP contribution in [0.3, 0.4) is 0 Å². The van der Waals surface area contributed by atoms with E-state index in [1.54, 1.807) is 6.08 Å². The second kappa shape index (κ2) is 6.53. The number of nitrogens with one attached hydrogen (secondary N) is 1. The number of rotatable bonds is 7. The SMILES string of the molecule is C=CCNc1ncnc(OCC(C)C)c1[N+](=O)[O-]. The van der Waals surface area contributed by atoms with E-state index in [1.807, 2.05) is 13.8 Å². The summed E-state index contributed by atoms with van der Waals surface area (Å²) < 4.78 is 5.32. The maximum absolute atomic E-state index is 11.0. The molecule has 98 valence electrons. The normalized spacial score (nSPS) is 10.2. The summed E-state index contributed by atoms with van der Waals surface area (Å²) >= 11 is 0. The Hall–Kier alpha value is -2.18. The number of aromatic nitrogens is 2. The molecule has 0 saturated heterocycles. The van der Waals surface area contributed by atoms with E-state index >= 15 is 0 Å². The molecule has 1 heterocycles. The van der Waals surface area contributed by atoms with E-state index in [0.29, 0.717) is 13.2 Å². The summed E-state index contributed by atoms with van der Waals surface area (Å²) in [5.74, 6) is 0.369. The number of nitro groups is 1. The zero-order chi connectivity index (χ0) is 13.5. The van der Waals surface area contributed by atoms with E-state index in [4.69, 9.17) is 4.74 Å². The van der Waals surface area contributed by atoms with Crippen molar-refractivity contribution in [3.63, 3.8) is 0 Å². The fourth-order valence-corrected chi connectivity index (χ4v) is 1.18. The van der Waals surface area contributed by atoms with Crippen molar-refractivity contribution in [3.8, 4) is 5.88 Å². The van der Waals surface area contributed by atoms with Gasteiger partial charge < -0.3 is 10.1 Å². The molecular formula is C11H16N4O3. The second-order valence-electron chi connectivity index (χ2n) is 4.01. The van der Waals surface area contributed by atoms with Crippen LogP contribution in [0.2, 0.25) is 0 Å². The predicted molar refractivity (Wildman–Crippen MR) is 67.7 cm³/mol. The lowest BCUT2D eigenvalue weighted by molar-refractivity contribution is -0.385. The molecule has 0 bridgehead atoms. The summed E-state index contributed by atoms with van der Waals surface area (Å²) in [5.41, 5.74) is -0.250. The first kappa shape index (κ1) is 13.9. The lowest BCUT2D eigenvalue weighted by atomic mass is 10.2. The van der Waals surface area contributed by atoms with Gasteiger partial charge in [0.1, 0.15) is 6.33 Å². The highest BCUT2D eigenvalue weighted by Crippen LogP contribution is 2.30. The van der Waals surface area contributed by atoms with E-state index in [0.717, 1.165) is 0 Å². The van der Waals surface area contributed by atoms with E-state index in [9.17, 15) is 10.1 Å². The van der Waals surface area contributed by atoms with E-state index in [1.165, 1.54) is 6.33 Å². The highest BCUT2D eigenvalue weighted by Gasteiger charge is 2.24. The van der Waals surface area contributed by atoms with Gasteiger partial charge in [-0.15, -0.1) is 6.58 Å². The average molecular weight is 252 g/mol. The minimum atomic E-state index is -0.554. The maximum atomic E-state index is 11.0. The Morgan fingerprint density at radius 3 is 2.89 bits per heavy atom. The highest BCUT2D eigenvalue weighted by molar-refractivity contribution is 5.61. The third-order valence-electron chi connectivity index (χ3n) is 1.94. The van der Waals surface area contributed by atoms with Crippen LogP contribution in [-0.2, 0) is 0 Å². The lowest BCUT2D eigenvalue weighted by Crippen LogP contribution is -2.10. The molecule has 0 aromatic carbocycles. The Labute approximate surface area is 105 Å². The monoisotopic (exact) mass is 252 g/mol. The Balaban J connectivity index is 3.01. The van der Waals surface area contributed by atoms with Gasteiger partial charge in [-0.05, 0) is 5.92 Å². The molecule has 1 aromatic heterocycles. The van der Waals surface area contributed by atoms with Crippen molar-refractivity contribution in [3.05, 3.63) is 29.1 Å². The first-order valence-electron chi connectivity index (χ1n) is 5.53. The molecule has 1 rings (SSSR count). The van der Waals surface area contributed by atoms with Crippen molar-refractivity contribution in [2.45, 2.75) is 13.8 Å². The summed E-state index contributed by atoms with van der Waals surface area (Å²) in [4.78, 5) is 18.1. The molecule has 0 saturated carbocycles. The molecule has 0 unspecified atom stereocenters. The Morgan fingerprint density at radius 1 is 1.61 bits per heavy atom. The van der Waals surface area contributed by atoms with E-state index in [2.05, 4.69) is 21.9 Å². The number of hydrogen-bond donors (Lipinski definition) is 1. The first-order valence-corrected chi connectivity index (χ1v) is 5.53. The van der Waals surface area contributed by atoms with Gasteiger partial charge in [-0.25, -0.2) is 4.98 Å². The molecule has 0 aliphatic carbocycles. The van der Waals surface area contributed by atoms with Crippen molar-refractivity contribution in [1.29, 1.82) is 0 Å². The van der Waals surface area contributed by atoms with Crippen LogP contribution < -0.4 is 10.1 Å². The quantitative estimate of drug-likeness (QED) is 0.453. The first-order chi connectivity index (χ1) is 8.56. The molecule has 1 aromatic rings. The van der Waals surface area contributed by atoms with Gasteiger partial charge >= 0.3 is 5.69 Å². The van der Waals surface area contributed by atoms with Crippen molar-refractivity contribution in [2.75, 3.05) is 18.5 Å². The predicted octanol–water partition coefficient (Wildman–Crippen LogP) is 2.02. The molecule has 18 heavy (non-hydrogen) atoms. The number of hydrogen-bond acceptors (Lipinski definition) is 6. The molecule has 0 aliphatic heterocycles. The molecule has 0 atom stereocenters. The summed E-state index contributed by atoms with van der Waals surface area (Å²) in [7, 11) is 0. The van der Waals surface area contributed by atoms with Crippen molar-refractivity contribution in [2.24, 2.45) is 5.92 Å². The fourth-order valence-electron chi connectivity index (χ4n) is 1.18. The largest absolute Gasteiger partial charge is 0.472 e. The third-order valence-corrected chi connectivity index (χ3v) is 1.94. The molecule has 1 N–H and O–H groups in total. The van der Waals surface area contributed by atoms with Crippen molar-refractivity contribution in [1.82, 2.24) is 9.97 Å². The molecule has 0 radical (unpaired) electrons. The van der Waals surface area contributed by atoms with Gasteiger partial charge in [0.25, 0.3) is 5.88 Å². The van der Waals surface area contributed by atoms with Gasteiger partial charge in [0.2, 0.25) is 5.82 Å². The Kier molecular flexibility index (Phi) is 5.04. The number of nitrogens with zero attached hydrogens (tertiary/aromatic N) is 3. The maximum Gasteiger partial charge on any atom is 0.372 e. The topological polar surface area (TPSA) is 90.2 Å². The fraction of sp³-hybridized carbons (Fsp3) is 0.455. The van der Waals surface area contributed by atoms with Crippen LogP contribution in [0.4, 0.5) is 11.5 Å². The molecule has 0 amide bonds. The van der Waals surface area contributed by atoms with Crippen molar-refractivity contribution < 1.29 is 9.66 Å². The van der Waals surface area contributed by atoms with Crippen LogP contribution in [0.15, 0.2) is 19.0 Å². The van der Waals surface area contributed by atoms with Gasteiger partial charge in [-0.2, -0.15) is 4.98 Å². The molecular weight excluding hydrogens is 236 g/mol. The van der Waals surface area contributed by atoms with Gasteiger partial charge in [-0.3, -0.25) is 10.1 Å². The van der Waals surface area contributed by atoms with E-state index in [-0.39, 0.29) is 23.3 Å². The van der Waals surface area contributed by atoms with Gasteiger partial charge in [0.15, 0.2) is 0 Å².